The van der Waals surface area contributed by atoms with E-state index >= 15 is 0 Å². The monoisotopic (exact) mass is 214 g/mol. The van der Waals surface area contributed by atoms with Crippen molar-refractivity contribution < 1.29 is 4.79 Å². The molecule has 0 N–H and O–H groups in total. The summed E-state index contributed by atoms with van der Waals surface area (Å²) in [5.41, 5.74) is 10.5. The largest absolute Gasteiger partial charge is 0.331 e. The highest BCUT2D eigenvalue weighted by molar-refractivity contribution is 6.03. The molecule has 2 aliphatic rings. The summed E-state index contributed by atoms with van der Waals surface area (Å²) in [6.45, 7) is 0.660. The first-order valence-electron chi connectivity index (χ1n) is 5.29. The fraction of sp³-hybridized carbons (Fsp3) is 0.364. The Morgan fingerprint density at radius 3 is 2.94 bits per heavy atom. The first-order chi connectivity index (χ1) is 7.81. The smallest absolute Gasteiger partial charge is 0.255 e. The summed E-state index contributed by atoms with van der Waals surface area (Å²) in [6.07, 6.45) is 2.19. The maximum atomic E-state index is 12.1. The van der Waals surface area contributed by atoms with Gasteiger partial charge < -0.3 is 4.90 Å². The number of azide groups is 1. The minimum absolute atomic E-state index is 0.0144. The number of amides is 1. The summed E-state index contributed by atoms with van der Waals surface area (Å²) >= 11 is 0. The van der Waals surface area contributed by atoms with Gasteiger partial charge in [-0.3, -0.25) is 4.79 Å². The second kappa shape index (κ2) is 3.25. The van der Waals surface area contributed by atoms with Gasteiger partial charge in [0.1, 0.15) is 0 Å². The summed E-state index contributed by atoms with van der Waals surface area (Å²) in [5, 5.41) is 3.58. The van der Waals surface area contributed by atoms with Gasteiger partial charge in [-0.1, -0.05) is 23.3 Å². The third kappa shape index (κ3) is 1.26. The molecule has 16 heavy (non-hydrogen) atoms. The van der Waals surface area contributed by atoms with Crippen molar-refractivity contribution in [2.24, 2.45) is 5.11 Å². The van der Waals surface area contributed by atoms with Crippen molar-refractivity contribution in [3.05, 3.63) is 39.8 Å². The Morgan fingerprint density at radius 1 is 1.44 bits per heavy atom. The van der Waals surface area contributed by atoms with E-state index in [2.05, 4.69) is 10.0 Å². The van der Waals surface area contributed by atoms with Gasteiger partial charge in [-0.2, -0.15) is 0 Å². The molecule has 1 heterocycles. The molecular formula is C11H10N4O. The fourth-order valence-corrected chi connectivity index (χ4v) is 2.18. The number of hydrogen-bond acceptors (Lipinski definition) is 2. The molecule has 1 aliphatic carbocycles. The lowest BCUT2D eigenvalue weighted by atomic mass is 10.1. The van der Waals surface area contributed by atoms with Crippen LogP contribution in [0.1, 0.15) is 28.8 Å². The molecule has 5 nitrogen and oxygen atoms in total. The Morgan fingerprint density at radius 2 is 2.25 bits per heavy atom. The van der Waals surface area contributed by atoms with Crippen LogP contribution in [0.3, 0.4) is 0 Å². The van der Waals surface area contributed by atoms with Crippen molar-refractivity contribution in [2.45, 2.75) is 25.4 Å². The van der Waals surface area contributed by atoms with E-state index in [0.717, 1.165) is 18.4 Å². The number of hydrogen-bond donors (Lipinski definition) is 0. The van der Waals surface area contributed by atoms with E-state index in [0.29, 0.717) is 23.8 Å². The Kier molecular flexibility index (Phi) is 1.88. The topological polar surface area (TPSA) is 69.1 Å². The zero-order valence-corrected chi connectivity index (χ0v) is 8.63. The molecule has 80 valence electrons. The molecule has 1 saturated carbocycles. The highest BCUT2D eigenvalue weighted by Crippen LogP contribution is 2.37. The lowest BCUT2D eigenvalue weighted by Gasteiger charge is -2.13. The summed E-state index contributed by atoms with van der Waals surface area (Å²) in [4.78, 5) is 16.8. The maximum Gasteiger partial charge on any atom is 0.255 e. The predicted octanol–water partition coefficient (Wildman–Crippen LogP) is 2.75. The van der Waals surface area contributed by atoms with E-state index < -0.39 is 0 Å². The number of benzene rings is 1. The zero-order chi connectivity index (χ0) is 11.1. The first kappa shape index (κ1) is 9.24. The standard InChI is InChI=1S/C11H10N4O/c12-14-13-9-3-1-2-7-6-15(8-4-5-8)11(16)10(7)9/h1-3,8H,4-6H2. The van der Waals surface area contributed by atoms with Gasteiger partial charge in [-0.05, 0) is 23.9 Å². The average molecular weight is 214 g/mol. The van der Waals surface area contributed by atoms with Crippen LogP contribution in [0.5, 0.6) is 0 Å². The average Bonchev–Trinajstić information content (AvgIpc) is 3.05. The molecule has 1 aliphatic heterocycles. The minimum atomic E-state index is 0.0144. The third-order valence-electron chi connectivity index (χ3n) is 3.08. The normalized spacial score (nSPS) is 18.2. The Balaban J connectivity index is 2.08. The van der Waals surface area contributed by atoms with E-state index in [1.807, 2.05) is 17.0 Å². The van der Waals surface area contributed by atoms with Gasteiger partial charge in [0.25, 0.3) is 5.91 Å². The molecule has 0 spiro atoms. The maximum absolute atomic E-state index is 12.1. The van der Waals surface area contributed by atoms with Gasteiger partial charge in [0, 0.05) is 17.5 Å². The molecule has 5 heteroatoms. The van der Waals surface area contributed by atoms with Crippen LogP contribution in [-0.2, 0) is 6.54 Å². The molecule has 1 amide bonds. The van der Waals surface area contributed by atoms with E-state index in [-0.39, 0.29) is 5.91 Å². The van der Waals surface area contributed by atoms with Gasteiger partial charge in [0.05, 0.1) is 11.3 Å². The summed E-state index contributed by atoms with van der Waals surface area (Å²) in [5.74, 6) is 0.0144. The fourth-order valence-electron chi connectivity index (χ4n) is 2.18. The third-order valence-corrected chi connectivity index (χ3v) is 3.08. The summed E-state index contributed by atoms with van der Waals surface area (Å²) in [7, 11) is 0. The van der Waals surface area contributed by atoms with Crippen LogP contribution in [0.4, 0.5) is 5.69 Å². The van der Waals surface area contributed by atoms with Crippen molar-refractivity contribution in [1.29, 1.82) is 0 Å². The molecule has 1 aromatic rings. The first-order valence-corrected chi connectivity index (χ1v) is 5.29. The number of carbonyl (C=O) groups is 1. The molecule has 0 saturated heterocycles. The van der Waals surface area contributed by atoms with Crippen LogP contribution in [-0.4, -0.2) is 16.8 Å². The molecule has 1 aromatic carbocycles. The number of rotatable bonds is 2. The van der Waals surface area contributed by atoms with Crippen LogP contribution in [0.15, 0.2) is 23.3 Å². The number of nitrogens with zero attached hydrogens (tertiary/aromatic N) is 4. The van der Waals surface area contributed by atoms with Crippen LogP contribution in [0, 0.1) is 0 Å². The summed E-state index contributed by atoms with van der Waals surface area (Å²) < 4.78 is 0. The Hall–Kier alpha value is -2.00. The van der Waals surface area contributed by atoms with Crippen molar-refractivity contribution >= 4 is 11.6 Å². The van der Waals surface area contributed by atoms with Gasteiger partial charge in [0.15, 0.2) is 0 Å². The minimum Gasteiger partial charge on any atom is -0.331 e. The second-order valence-electron chi connectivity index (χ2n) is 4.16. The van der Waals surface area contributed by atoms with E-state index in [1.165, 1.54) is 0 Å². The lowest BCUT2D eigenvalue weighted by Crippen LogP contribution is -2.25. The van der Waals surface area contributed by atoms with Crippen LogP contribution < -0.4 is 0 Å². The summed E-state index contributed by atoms with van der Waals surface area (Å²) in [6, 6.07) is 5.84. The van der Waals surface area contributed by atoms with E-state index in [1.54, 1.807) is 6.07 Å². The van der Waals surface area contributed by atoms with Crippen molar-refractivity contribution in [3.63, 3.8) is 0 Å². The molecule has 0 atom stereocenters. The molecule has 0 radical (unpaired) electrons. The number of carbonyl (C=O) groups excluding carboxylic acids is 1. The zero-order valence-electron chi connectivity index (χ0n) is 8.63. The van der Waals surface area contributed by atoms with E-state index in [4.69, 9.17) is 5.53 Å². The van der Waals surface area contributed by atoms with Crippen molar-refractivity contribution in [2.75, 3.05) is 0 Å². The molecule has 0 bridgehead atoms. The highest BCUT2D eigenvalue weighted by Gasteiger charge is 2.38. The molecule has 3 rings (SSSR count). The Labute approximate surface area is 92.3 Å². The SMILES string of the molecule is [N-]=[N+]=Nc1cccc2c1C(=O)N(C1CC1)C2. The van der Waals surface area contributed by atoms with Crippen LogP contribution >= 0.6 is 0 Å². The van der Waals surface area contributed by atoms with Gasteiger partial charge in [-0.25, -0.2) is 0 Å². The quantitative estimate of drug-likeness (QED) is 0.424. The predicted molar refractivity (Wildman–Crippen MR) is 58.1 cm³/mol. The van der Waals surface area contributed by atoms with Crippen LogP contribution in [0.25, 0.3) is 10.4 Å². The van der Waals surface area contributed by atoms with Crippen molar-refractivity contribution in [1.82, 2.24) is 4.90 Å². The van der Waals surface area contributed by atoms with Gasteiger partial charge >= 0.3 is 0 Å². The van der Waals surface area contributed by atoms with E-state index in [9.17, 15) is 4.79 Å². The molecular weight excluding hydrogens is 204 g/mol. The van der Waals surface area contributed by atoms with Crippen molar-refractivity contribution in [3.8, 4) is 0 Å². The number of fused-ring (bicyclic) bond motifs is 1. The van der Waals surface area contributed by atoms with Gasteiger partial charge in [-0.15, -0.1) is 0 Å². The molecule has 0 aromatic heterocycles. The second-order valence-corrected chi connectivity index (χ2v) is 4.16. The Bertz CT molecular complexity index is 515. The lowest BCUT2D eigenvalue weighted by molar-refractivity contribution is 0.0767. The van der Waals surface area contributed by atoms with Gasteiger partial charge in [0.2, 0.25) is 0 Å². The molecule has 1 fully saturated rings. The molecule has 0 unspecified atom stereocenters. The highest BCUT2D eigenvalue weighted by atomic mass is 16.2. The van der Waals surface area contributed by atoms with Crippen LogP contribution in [0.2, 0.25) is 0 Å².